The monoisotopic (exact) mass is 354 g/mol. The highest BCUT2D eigenvalue weighted by Crippen LogP contribution is 2.40. The molecule has 1 N–H and O–H groups in total. The number of aryl methyl sites for hydroxylation is 1. The molecule has 1 heterocycles. The number of nitrogens with one attached hydrogen (secondary N) is 1. The molecule has 5 nitrogen and oxygen atoms in total. The first kappa shape index (κ1) is 16.6. The summed E-state index contributed by atoms with van der Waals surface area (Å²) in [6.07, 6.45) is 2.29. The number of methoxy groups -OCH3 is 1. The minimum atomic E-state index is -1.00. The number of imide groups is 1. The van der Waals surface area contributed by atoms with Crippen LogP contribution in [0.3, 0.4) is 0 Å². The number of ether oxygens (including phenoxy) is 1. The minimum Gasteiger partial charge on any atom is -0.494 e. The molecule has 6 heteroatoms. The van der Waals surface area contributed by atoms with Gasteiger partial charge in [-0.15, -0.1) is 0 Å². The van der Waals surface area contributed by atoms with Crippen molar-refractivity contribution in [3.63, 3.8) is 0 Å². The number of rotatable bonds is 3. The molecule has 4 rings (SSSR count). The molecule has 0 radical (unpaired) electrons. The highest BCUT2D eigenvalue weighted by atomic mass is 19.1. The molecule has 0 bridgehead atoms. The summed E-state index contributed by atoms with van der Waals surface area (Å²) in [4.78, 5) is 26.9. The highest BCUT2D eigenvalue weighted by Gasteiger charge is 2.53. The maximum Gasteiger partial charge on any atom is 0.325 e. The molecule has 2 aromatic carbocycles. The van der Waals surface area contributed by atoms with E-state index < -0.39 is 17.4 Å². The Bertz CT molecular complexity index is 898. The van der Waals surface area contributed by atoms with Crippen LogP contribution in [0.25, 0.3) is 0 Å². The fourth-order valence-corrected chi connectivity index (χ4v) is 3.95. The van der Waals surface area contributed by atoms with E-state index in [1.807, 2.05) is 24.3 Å². The Labute approximate surface area is 150 Å². The van der Waals surface area contributed by atoms with Crippen molar-refractivity contribution in [3.05, 3.63) is 65.0 Å². The summed E-state index contributed by atoms with van der Waals surface area (Å²) in [6.45, 7) is 0.0233. The Hall–Kier alpha value is -2.89. The molecule has 1 aliphatic heterocycles. The third-order valence-electron chi connectivity index (χ3n) is 5.21. The lowest BCUT2D eigenvalue weighted by atomic mass is 9.76. The molecule has 0 aromatic heterocycles. The molecule has 0 saturated carbocycles. The SMILES string of the molecule is COc1ccc(CN2C(=O)N[C@@]3(CCCc4ccccc43)C2=O)cc1F. The molecule has 0 unspecified atom stereocenters. The van der Waals surface area contributed by atoms with Crippen LogP contribution in [0.4, 0.5) is 9.18 Å². The van der Waals surface area contributed by atoms with Crippen molar-refractivity contribution in [3.8, 4) is 5.75 Å². The van der Waals surface area contributed by atoms with Gasteiger partial charge in [0.25, 0.3) is 5.91 Å². The second-order valence-corrected chi connectivity index (χ2v) is 6.71. The van der Waals surface area contributed by atoms with Gasteiger partial charge >= 0.3 is 6.03 Å². The van der Waals surface area contributed by atoms with E-state index in [-0.39, 0.29) is 18.2 Å². The number of urea groups is 1. The third-order valence-corrected chi connectivity index (χ3v) is 5.21. The van der Waals surface area contributed by atoms with E-state index in [4.69, 9.17) is 4.74 Å². The van der Waals surface area contributed by atoms with Crippen LogP contribution < -0.4 is 10.1 Å². The Morgan fingerprint density at radius 1 is 1.23 bits per heavy atom. The topological polar surface area (TPSA) is 58.6 Å². The van der Waals surface area contributed by atoms with Gasteiger partial charge in [-0.1, -0.05) is 30.3 Å². The normalized spacial score (nSPS) is 21.7. The molecule has 3 amide bonds. The summed E-state index contributed by atoms with van der Waals surface area (Å²) in [5.74, 6) is -0.663. The van der Waals surface area contributed by atoms with Gasteiger partial charge in [-0.05, 0) is 48.1 Å². The predicted molar refractivity (Wildman–Crippen MR) is 93.1 cm³/mol. The summed E-state index contributed by atoms with van der Waals surface area (Å²) in [6, 6.07) is 11.7. The van der Waals surface area contributed by atoms with Crippen molar-refractivity contribution in [2.45, 2.75) is 31.3 Å². The van der Waals surface area contributed by atoms with Gasteiger partial charge < -0.3 is 10.1 Å². The van der Waals surface area contributed by atoms with Crippen molar-refractivity contribution in [2.24, 2.45) is 0 Å². The van der Waals surface area contributed by atoms with Crippen molar-refractivity contribution in [2.75, 3.05) is 7.11 Å². The zero-order valence-corrected chi connectivity index (χ0v) is 14.4. The molecule has 2 aromatic rings. The van der Waals surface area contributed by atoms with E-state index in [0.717, 1.165) is 24.0 Å². The van der Waals surface area contributed by atoms with Crippen LogP contribution >= 0.6 is 0 Å². The number of amides is 3. The second-order valence-electron chi connectivity index (χ2n) is 6.71. The number of carbonyl (C=O) groups excluding carboxylic acids is 2. The average molecular weight is 354 g/mol. The van der Waals surface area contributed by atoms with Crippen LogP contribution in [0.1, 0.15) is 29.5 Å². The van der Waals surface area contributed by atoms with Crippen molar-refractivity contribution in [1.82, 2.24) is 10.2 Å². The van der Waals surface area contributed by atoms with Crippen LogP contribution in [-0.4, -0.2) is 23.9 Å². The largest absolute Gasteiger partial charge is 0.494 e. The molecule has 2 aliphatic rings. The van der Waals surface area contributed by atoms with Crippen molar-refractivity contribution < 1.29 is 18.7 Å². The number of benzene rings is 2. The number of hydrogen-bond acceptors (Lipinski definition) is 3. The maximum atomic E-state index is 13.9. The predicted octanol–water partition coefficient (Wildman–Crippen LogP) is 3.12. The first-order valence-electron chi connectivity index (χ1n) is 8.60. The number of hydrogen-bond donors (Lipinski definition) is 1. The van der Waals surface area contributed by atoms with Gasteiger partial charge in [-0.25, -0.2) is 9.18 Å². The Kier molecular flexibility index (Phi) is 3.90. The fraction of sp³-hybridized carbons (Fsp3) is 0.300. The van der Waals surface area contributed by atoms with E-state index in [9.17, 15) is 14.0 Å². The van der Waals surface area contributed by atoms with Crippen molar-refractivity contribution >= 4 is 11.9 Å². The van der Waals surface area contributed by atoms with Gasteiger partial charge in [0.1, 0.15) is 5.54 Å². The molecule has 134 valence electrons. The molecule has 1 fully saturated rings. The van der Waals surface area contributed by atoms with Crippen LogP contribution in [-0.2, 0) is 23.3 Å². The van der Waals surface area contributed by atoms with Crippen molar-refractivity contribution in [1.29, 1.82) is 0 Å². The fourth-order valence-electron chi connectivity index (χ4n) is 3.95. The van der Waals surface area contributed by atoms with Crippen LogP contribution in [0.5, 0.6) is 5.75 Å². The summed E-state index contributed by atoms with van der Waals surface area (Å²) in [5.41, 5.74) is 1.49. The molecular formula is C20H19FN2O3. The van der Waals surface area contributed by atoms with E-state index in [0.29, 0.717) is 12.0 Å². The van der Waals surface area contributed by atoms with Crippen LogP contribution in [0, 0.1) is 5.82 Å². The van der Waals surface area contributed by atoms with E-state index in [1.165, 1.54) is 24.1 Å². The van der Waals surface area contributed by atoms with Gasteiger partial charge in [0.2, 0.25) is 0 Å². The number of fused-ring (bicyclic) bond motifs is 2. The van der Waals surface area contributed by atoms with E-state index >= 15 is 0 Å². The smallest absolute Gasteiger partial charge is 0.325 e. The molecular weight excluding hydrogens is 335 g/mol. The summed E-state index contributed by atoms with van der Waals surface area (Å²) in [5, 5.41) is 2.90. The maximum absolute atomic E-state index is 13.9. The number of nitrogens with zero attached hydrogens (tertiary/aromatic N) is 1. The molecule has 1 aliphatic carbocycles. The summed E-state index contributed by atoms with van der Waals surface area (Å²) >= 11 is 0. The van der Waals surface area contributed by atoms with E-state index in [1.54, 1.807) is 6.07 Å². The zero-order valence-electron chi connectivity index (χ0n) is 14.4. The molecule has 26 heavy (non-hydrogen) atoms. The average Bonchev–Trinajstić information content (AvgIpc) is 2.87. The Balaban J connectivity index is 1.66. The highest BCUT2D eigenvalue weighted by molar-refractivity contribution is 6.07. The third kappa shape index (κ3) is 2.44. The standard InChI is InChI=1S/C20H19FN2O3/c1-26-17-9-8-13(11-16(17)21)12-23-18(24)20(22-19(23)25)10-4-6-14-5-2-3-7-15(14)20/h2-3,5,7-9,11H,4,6,10,12H2,1H3,(H,22,25)/t20-/m1/s1. The quantitative estimate of drug-likeness (QED) is 0.862. The first-order chi connectivity index (χ1) is 12.5. The summed E-state index contributed by atoms with van der Waals surface area (Å²) < 4.78 is 18.8. The lowest BCUT2D eigenvalue weighted by molar-refractivity contribution is -0.132. The number of carbonyl (C=O) groups is 2. The lowest BCUT2D eigenvalue weighted by Crippen LogP contribution is -2.46. The van der Waals surface area contributed by atoms with Crippen LogP contribution in [0.2, 0.25) is 0 Å². The van der Waals surface area contributed by atoms with E-state index in [2.05, 4.69) is 5.32 Å². The second kappa shape index (κ2) is 6.12. The molecule has 1 spiro atoms. The van der Waals surface area contributed by atoms with Gasteiger partial charge in [0, 0.05) is 0 Å². The first-order valence-corrected chi connectivity index (χ1v) is 8.60. The van der Waals surface area contributed by atoms with Crippen LogP contribution in [0.15, 0.2) is 42.5 Å². The molecule has 1 saturated heterocycles. The Morgan fingerprint density at radius 2 is 2.04 bits per heavy atom. The molecule has 1 atom stereocenters. The summed E-state index contributed by atoms with van der Waals surface area (Å²) in [7, 11) is 1.39. The van der Waals surface area contributed by atoms with Gasteiger partial charge in [0.15, 0.2) is 11.6 Å². The number of halogens is 1. The minimum absolute atomic E-state index is 0.0233. The zero-order chi connectivity index (χ0) is 18.3. The Morgan fingerprint density at radius 3 is 2.81 bits per heavy atom. The van der Waals surface area contributed by atoms with Gasteiger partial charge in [-0.2, -0.15) is 0 Å². The van der Waals surface area contributed by atoms with Gasteiger partial charge in [0.05, 0.1) is 13.7 Å². The van der Waals surface area contributed by atoms with Gasteiger partial charge in [-0.3, -0.25) is 9.69 Å². The lowest BCUT2D eigenvalue weighted by Gasteiger charge is -2.33.